The summed E-state index contributed by atoms with van der Waals surface area (Å²) < 4.78 is 39.7. The predicted octanol–water partition coefficient (Wildman–Crippen LogP) is 5.70. The molecule has 1 aromatic heterocycles. The number of hydrogen-bond donors (Lipinski definition) is 0. The predicted molar refractivity (Wildman–Crippen MR) is 91.5 cm³/mol. The van der Waals surface area contributed by atoms with E-state index in [0.29, 0.717) is 17.9 Å². The van der Waals surface area contributed by atoms with Gasteiger partial charge in [-0.2, -0.15) is 13.2 Å². The fourth-order valence-corrected chi connectivity index (χ4v) is 3.44. The zero-order valence-corrected chi connectivity index (χ0v) is 14.4. The molecule has 1 aliphatic rings. The summed E-state index contributed by atoms with van der Waals surface area (Å²) in [5.74, 6) is 0.429. The quantitative estimate of drug-likeness (QED) is 0.693. The Labute approximate surface area is 146 Å². The minimum absolute atomic E-state index is 0.0629. The molecule has 0 spiro atoms. The van der Waals surface area contributed by atoms with Gasteiger partial charge in [0.25, 0.3) is 0 Å². The third kappa shape index (κ3) is 4.59. The molecule has 0 N–H and O–H groups in total. The largest absolute Gasteiger partial charge is 0.433 e. The topological polar surface area (TPSA) is 25.8 Å². The Morgan fingerprint density at radius 1 is 1.00 bits per heavy atom. The molecular weight excluding hydrogens is 325 g/mol. The van der Waals surface area contributed by atoms with Gasteiger partial charge in [-0.1, -0.05) is 50.5 Å². The third-order valence-electron chi connectivity index (χ3n) is 4.75. The zero-order valence-electron chi connectivity index (χ0n) is 14.4. The molecule has 1 fully saturated rings. The number of halogens is 3. The maximum absolute atomic E-state index is 13.2. The first-order chi connectivity index (χ1) is 12.0. The van der Waals surface area contributed by atoms with E-state index in [4.69, 9.17) is 0 Å². The number of hydrogen-bond acceptors (Lipinski definition) is 2. The molecule has 1 aromatic carbocycles. The molecule has 2 aromatic rings. The highest BCUT2D eigenvalue weighted by Gasteiger charge is 2.34. The van der Waals surface area contributed by atoms with Crippen molar-refractivity contribution in [1.29, 1.82) is 0 Å². The molecule has 0 unspecified atom stereocenters. The van der Waals surface area contributed by atoms with E-state index in [1.165, 1.54) is 5.56 Å². The zero-order chi connectivity index (χ0) is 17.9. The van der Waals surface area contributed by atoms with E-state index >= 15 is 0 Å². The van der Waals surface area contributed by atoms with Crippen LogP contribution in [-0.2, 0) is 19.0 Å². The molecule has 1 aliphatic carbocycles. The Morgan fingerprint density at radius 3 is 2.24 bits per heavy atom. The van der Waals surface area contributed by atoms with Gasteiger partial charge in [0.05, 0.1) is 0 Å². The van der Waals surface area contributed by atoms with Crippen LogP contribution in [-0.4, -0.2) is 9.97 Å². The van der Waals surface area contributed by atoms with Crippen LogP contribution in [0.25, 0.3) is 0 Å². The molecule has 1 saturated carbocycles. The van der Waals surface area contributed by atoms with Gasteiger partial charge in [0.2, 0.25) is 0 Å². The standard InChI is InChI=1S/C20H23F3N2/c1-2-5-14-8-10-15(11-9-14)12-17-13-18(20(21,22)23)25-19(24-17)16-6-3-4-7-16/h8-11,13,16H,2-7,12H2,1H3. The van der Waals surface area contributed by atoms with E-state index in [0.717, 1.165) is 50.2 Å². The van der Waals surface area contributed by atoms with Crippen molar-refractivity contribution in [3.63, 3.8) is 0 Å². The monoisotopic (exact) mass is 348 g/mol. The molecule has 2 nitrogen and oxygen atoms in total. The summed E-state index contributed by atoms with van der Waals surface area (Å²) in [5.41, 5.74) is 1.86. The summed E-state index contributed by atoms with van der Waals surface area (Å²) in [6.45, 7) is 2.12. The highest BCUT2D eigenvalue weighted by molar-refractivity contribution is 5.28. The van der Waals surface area contributed by atoms with Crippen LogP contribution in [0.15, 0.2) is 30.3 Å². The van der Waals surface area contributed by atoms with E-state index in [1.54, 1.807) is 0 Å². The van der Waals surface area contributed by atoms with Gasteiger partial charge in [0.15, 0.2) is 0 Å². The van der Waals surface area contributed by atoms with Gasteiger partial charge in [-0.15, -0.1) is 0 Å². The van der Waals surface area contributed by atoms with Crippen molar-refractivity contribution in [3.8, 4) is 0 Å². The molecule has 0 atom stereocenters. The van der Waals surface area contributed by atoms with E-state index in [-0.39, 0.29) is 5.92 Å². The molecule has 5 heteroatoms. The second-order valence-electron chi connectivity index (χ2n) is 6.83. The Balaban J connectivity index is 1.87. The Kier molecular flexibility index (Phi) is 5.40. The average Bonchev–Trinajstić information content (AvgIpc) is 3.10. The van der Waals surface area contributed by atoms with Crippen molar-refractivity contribution in [2.45, 2.75) is 64.0 Å². The van der Waals surface area contributed by atoms with Gasteiger partial charge in [-0.05, 0) is 36.5 Å². The van der Waals surface area contributed by atoms with Gasteiger partial charge < -0.3 is 0 Å². The Morgan fingerprint density at radius 2 is 1.64 bits per heavy atom. The normalized spacial score (nSPS) is 15.7. The fourth-order valence-electron chi connectivity index (χ4n) is 3.44. The van der Waals surface area contributed by atoms with Crippen LogP contribution in [0, 0.1) is 0 Å². The highest BCUT2D eigenvalue weighted by Crippen LogP contribution is 2.35. The summed E-state index contributed by atoms with van der Waals surface area (Å²) in [6.07, 6.45) is 1.90. The lowest BCUT2D eigenvalue weighted by molar-refractivity contribution is -0.141. The molecule has 0 radical (unpaired) electrons. The molecule has 1 heterocycles. The van der Waals surface area contributed by atoms with Crippen molar-refractivity contribution in [3.05, 3.63) is 58.7 Å². The SMILES string of the molecule is CCCc1ccc(Cc2cc(C(F)(F)F)nc(C3CCCC3)n2)cc1. The maximum Gasteiger partial charge on any atom is 0.433 e. The van der Waals surface area contributed by atoms with Crippen LogP contribution in [0.4, 0.5) is 13.2 Å². The fraction of sp³-hybridized carbons (Fsp3) is 0.500. The van der Waals surface area contributed by atoms with Gasteiger partial charge >= 0.3 is 6.18 Å². The van der Waals surface area contributed by atoms with Crippen LogP contribution in [0.5, 0.6) is 0 Å². The summed E-state index contributed by atoms with van der Waals surface area (Å²) in [6, 6.07) is 9.15. The lowest BCUT2D eigenvalue weighted by Gasteiger charge is -2.14. The second-order valence-corrected chi connectivity index (χ2v) is 6.83. The summed E-state index contributed by atoms with van der Waals surface area (Å²) in [5, 5.41) is 0. The van der Waals surface area contributed by atoms with Crippen LogP contribution in [0.2, 0.25) is 0 Å². The van der Waals surface area contributed by atoms with Crippen LogP contribution in [0.3, 0.4) is 0 Å². The van der Waals surface area contributed by atoms with E-state index < -0.39 is 11.9 Å². The van der Waals surface area contributed by atoms with Crippen LogP contribution in [0.1, 0.15) is 73.3 Å². The number of aromatic nitrogens is 2. The lowest BCUT2D eigenvalue weighted by Crippen LogP contribution is -2.14. The summed E-state index contributed by atoms with van der Waals surface area (Å²) >= 11 is 0. The van der Waals surface area contributed by atoms with Crippen molar-refractivity contribution in [1.82, 2.24) is 9.97 Å². The van der Waals surface area contributed by atoms with Crippen molar-refractivity contribution in [2.24, 2.45) is 0 Å². The van der Waals surface area contributed by atoms with Gasteiger partial charge in [0, 0.05) is 18.0 Å². The average molecular weight is 348 g/mol. The first-order valence-electron chi connectivity index (χ1n) is 8.98. The molecule has 0 aliphatic heterocycles. The van der Waals surface area contributed by atoms with Crippen LogP contribution < -0.4 is 0 Å². The Hall–Kier alpha value is -1.91. The first-order valence-corrected chi connectivity index (χ1v) is 8.98. The van der Waals surface area contributed by atoms with Crippen molar-refractivity contribution in [2.75, 3.05) is 0 Å². The summed E-state index contributed by atoms with van der Waals surface area (Å²) in [4.78, 5) is 8.30. The van der Waals surface area contributed by atoms with Gasteiger partial charge in [0.1, 0.15) is 11.5 Å². The maximum atomic E-state index is 13.2. The number of aryl methyl sites for hydroxylation is 1. The number of alkyl halides is 3. The minimum atomic E-state index is -4.43. The van der Waals surface area contributed by atoms with E-state index in [1.807, 2.05) is 24.3 Å². The van der Waals surface area contributed by atoms with Crippen LogP contribution >= 0.6 is 0 Å². The van der Waals surface area contributed by atoms with E-state index in [2.05, 4.69) is 16.9 Å². The molecule has 134 valence electrons. The van der Waals surface area contributed by atoms with Crippen molar-refractivity contribution >= 4 is 0 Å². The number of nitrogens with zero attached hydrogens (tertiary/aromatic N) is 2. The molecule has 25 heavy (non-hydrogen) atoms. The lowest BCUT2D eigenvalue weighted by atomic mass is 10.0. The molecule has 0 saturated heterocycles. The molecule has 3 rings (SSSR count). The Bertz CT molecular complexity index is 702. The highest BCUT2D eigenvalue weighted by atomic mass is 19.4. The summed E-state index contributed by atoms with van der Waals surface area (Å²) in [7, 11) is 0. The smallest absolute Gasteiger partial charge is 0.237 e. The number of rotatable bonds is 5. The second kappa shape index (κ2) is 7.54. The minimum Gasteiger partial charge on any atom is -0.237 e. The molecular formula is C20H23F3N2. The van der Waals surface area contributed by atoms with Crippen molar-refractivity contribution < 1.29 is 13.2 Å². The van der Waals surface area contributed by atoms with E-state index in [9.17, 15) is 13.2 Å². The third-order valence-corrected chi connectivity index (χ3v) is 4.75. The first kappa shape index (κ1) is 17.9. The molecule has 0 bridgehead atoms. The number of benzene rings is 1. The van der Waals surface area contributed by atoms with Gasteiger partial charge in [-0.25, -0.2) is 9.97 Å². The van der Waals surface area contributed by atoms with Gasteiger partial charge in [-0.3, -0.25) is 0 Å². The molecule has 0 amide bonds.